The molecule has 43 heavy (non-hydrogen) atoms. The summed E-state index contributed by atoms with van der Waals surface area (Å²) in [6.07, 6.45) is 3.06. The molecule has 0 amide bonds. The Bertz CT molecular complexity index is 1630. The Balaban J connectivity index is 1.82. The second-order valence-electron chi connectivity index (χ2n) is 11.5. The quantitative estimate of drug-likeness (QED) is 0.201. The van der Waals surface area contributed by atoms with Crippen LogP contribution in [0.1, 0.15) is 47.1 Å². The lowest BCUT2D eigenvalue weighted by atomic mass is 9.87. The first-order chi connectivity index (χ1) is 20.3. The number of aromatic nitrogens is 4. The first kappa shape index (κ1) is 31.6. The minimum atomic E-state index is -4.14. The number of para-hydroxylation sites is 2. The van der Waals surface area contributed by atoms with E-state index in [1.165, 1.54) is 19.5 Å². The highest BCUT2D eigenvalue weighted by atomic mass is 32.2. The maximum atomic E-state index is 13.7. The summed E-state index contributed by atoms with van der Waals surface area (Å²) < 4.78 is 53.4. The van der Waals surface area contributed by atoms with Crippen molar-refractivity contribution in [2.75, 3.05) is 25.0 Å². The van der Waals surface area contributed by atoms with Gasteiger partial charge in [-0.3, -0.25) is 4.72 Å². The number of benzene rings is 2. The molecule has 0 aliphatic rings. The fourth-order valence-electron chi connectivity index (χ4n) is 3.82. The van der Waals surface area contributed by atoms with Gasteiger partial charge >= 0.3 is 0 Å². The molecule has 0 radical (unpaired) electrons. The molecule has 2 heterocycles. The van der Waals surface area contributed by atoms with Gasteiger partial charge in [-0.05, 0) is 62.1 Å². The Morgan fingerprint density at radius 2 is 1.44 bits per heavy atom. The SMILES string of the molecule is COc1ccccc1Oc1c(NS(=O)(=O)c2ccc(C(C)(C)C)cc2)nc(-c2ncccn2)nc1OCCOC(C)(C)C. The van der Waals surface area contributed by atoms with E-state index in [1.807, 2.05) is 20.8 Å². The van der Waals surface area contributed by atoms with Crippen LogP contribution < -0.4 is 18.9 Å². The predicted octanol–water partition coefficient (Wildman–Crippen LogP) is 6.03. The molecule has 0 unspecified atom stereocenters. The van der Waals surface area contributed by atoms with Crippen molar-refractivity contribution in [2.45, 2.75) is 57.5 Å². The van der Waals surface area contributed by atoms with Crippen molar-refractivity contribution in [1.82, 2.24) is 19.9 Å². The van der Waals surface area contributed by atoms with E-state index < -0.39 is 15.6 Å². The maximum Gasteiger partial charge on any atom is 0.263 e. The number of sulfonamides is 1. The lowest BCUT2D eigenvalue weighted by Crippen LogP contribution is -2.23. The van der Waals surface area contributed by atoms with Gasteiger partial charge in [0.25, 0.3) is 15.9 Å². The van der Waals surface area contributed by atoms with Gasteiger partial charge in [0.2, 0.25) is 11.6 Å². The molecular weight excluding hydrogens is 570 g/mol. The standard InChI is InChI=1S/C31H37N5O6S/c1-30(2,3)21-13-15-22(16-14-21)43(37,38)36-26-25(42-24-12-9-8-11-23(24)39-7)29(40-19-20-41-31(4,5)6)35-28(34-26)27-32-17-10-18-33-27/h8-18H,19-20H2,1-7H3,(H,34,35,36). The molecule has 0 spiro atoms. The fourth-order valence-corrected chi connectivity index (χ4v) is 4.83. The largest absolute Gasteiger partial charge is 0.493 e. The van der Waals surface area contributed by atoms with Crippen molar-refractivity contribution < 1.29 is 27.4 Å². The van der Waals surface area contributed by atoms with Gasteiger partial charge in [-0.2, -0.15) is 4.98 Å². The molecule has 4 aromatic rings. The molecule has 0 saturated heterocycles. The molecular formula is C31H37N5O6S. The zero-order valence-electron chi connectivity index (χ0n) is 25.4. The van der Waals surface area contributed by atoms with Crippen molar-refractivity contribution in [3.05, 3.63) is 72.6 Å². The normalized spacial score (nSPS) is 12.1. The van der Waals surface area contributed by atoms with Gasteiger partial charge in [0.15, 0.2) is 23.1 Å². The molecule has 2 aromatic carbocycles. The van der Waals surface area contributed by atoms with Crippen molar-refractivity contribution >= 4 is 15.8 Å². The highest BCUT2D eigenvalue weighted by Crippen LogP contribution is 2.41. The zero-order chi connectivity index (χ0) is 31.3. The topological polar surface area (TPSA) is 135 Å². The third kappa shape index (κ3) is 8.39. The van der Waals surface area contributed by atoms with E-state index in [2.05, 4.69) is 45.4 Å². The van der Waals surface area contributed by atoms with E-state index in [0.717, 1.165) is 5.56 Å². The monoisotopic (exact) mass is 607 g/mol. The third-order valence-corrected chi connectivity index (χ3v) is 7.36. The number of rotatable bonds is 11. The average Bonchev–Trinajstić information content (AvgIpc) is 2.96. The Hall–Kier alpha value is -4.29. The van der Waals surface area contributed by atoms with E-state index in [-0.39, 0.29) is 52.6 Å². The van der Waals surface area contributed by atoms with Crippen LogP contribution in [0.5, 0.6) is 23.1 Å². The Labute approximate surface area is 252 Å². The van der Waals surface area contributed by atoms with Gasteiger partial charge in [0.05, 0.1) is 24.2 Å². The van der Waals surface area contributed by atoms with Gasteiger partial charge in [-0.15, -0.1) is 0 Å². The van der Waals surface area contributed by atoms with Gasteiger partial charge in [0.1, 0.15) is 6.61 Å². The number of ether oxygens (including phenoxy) is 4. The molecule has 1 N–H and O–H groups in total. The minimum Gasteiger partial charge on any atom is -0.493 e. The summed E-state index contributed by atoms with van der Waals surface area (Å²) in [7, 11) is -2.64. The van der Waals surface area contributed by atoms with Gasteiger partial charge in [-0.25, -0.2) is 23.4 Å². The van der Waals surface area contributed by atoms with Gasteiger partial charge in [-0.1, -0.05) is 45.0 Å². The van der Waals surface area contributed by atoms with E-state index in [0.29, 0.717) is 11.5 Å². The lowest BCUT2D eigenvalue weighted by molar-refractivity contribution is -0.0170. The zero-order valence-corrected chi connectivity index (χ0v) is 26.2. The molecule has 0 fully saturated rings. The first-order valence-corrected chi connectivity index (χ1v) is 15.2. The minimum absolute atomic E-state index is 0.0282. The van der Waals surface area contributed by atoms with Gasteiger partial charge < -0.3 is 18.9 Å². The molecule has 0 bridgehead atoms. The summed E-state index contributed by atoms with van der Waals surface area (Å²) in [5, 5.41) is 0. The van der Waals surface area contributed by atoms with Crippen LogP contribution in [0.2, 0.25) is 0 Å². The maximum absolute atomic E-state index is 13.7. The van der Waals surface area contributed by atoms with Crippen LogP contribution in [0.3, 0.4) is 0 Å². The smallest absolute Gasteiger partial charge is 0.263 e. The lowest BCUT2D eigenvalue weighted by Gasteiger charge is -2.21. The van der Waals surface area contributed by atoms with Crippen LogP contribution in [0.25, 0.3) is 11.6 Å². The van der Waals surface area contributed by atoms with Crippen molar-refractivity contribution in [3.63, 3.8) is 0 Å². The summed E-state index contributed by atoms with van der Waals surface area (Å²) in [4.78, 5) is 17.5. The molecule has 228 valence electrons. The van der Waals surface area contributed by atoms with E-state index in [1.54, 1.807) is 54.6 Å². The Morgan fingerprint density at radius 3 is 2.05 bits per heavy atom. The number of hydrogen-bond acceptors (Lipinski definition) is 10. The Morgan fingerprint density at radius 1 is 0.791 bits per heavy atom. The second-order valence-corrected chi connectivity index (χ2v) is 13.2. The molecule has 0 aliphatic heterocycles. The molecule has 0 saturated carbocycles. The number of nitrogens with one attached hydrogen (secondary N) is 1. The van der Waals surface area contributed by atoms with Crippen molar-refractivity contribution in [2.24, 2.45) is 0 Å². The Kier molecular flexibility index (Phi) is 9.51. The van der Waals surface area contributed by atoms with Crippen LogP contribution in [0.15, 0.2) is 71.9 Å². The average molecular weight is 608 g/mol. The summed E-state index contributed by atoms with van der Waals surface area (Å²) in [5.74, 6) is 0.610. The molecule has 11 nitrogen and oxygen atoms in total. The number of anilines is 1. The molecule has 4 rings (SSSR count). The van der Waals surface area contributed by atoms with Crippen molar-refractivity contribution in [3.8, 4) is 34.8 Å². The highest BCUT2D eigenvalue weighted by Gasteiger charge is 2.26. The molecule has 2 aromatic heterocycles. The summed E-state index contributed by atoms with van der Waals surface area (Å²) in [6.45, 7) is 12.3. The van der Waals surface area contributed by atoms with Crippen LogP contribution in [0, 0.1) is 0 Å². The fraction of sp³-hybridized carbons (Fsp3) is 0.355. The van der Waals surface area contributed by atoms with Crippen LogP contribution in [-0.4, -0.2) is 54.3 Å². The summed E-state index contributed by atoms with van der Waals surface area (Å²) in [6, 6.07) is 15.2. The second kappa shape index (κ2) is 12.9. The predicted molar refractivity (Wildman–Crippen MR) is 163 cm³/mol. The van der Waals surface area contributed by atoms with E-state index in [4.69, 9.17) is 18.9 Å². The molecule has 12 heteroatoms. The highest BCUT2D eigenvalue weighted by molar-refractivity contribution is 7.92. The third-order valence-electron chi connectivity index (χ3n) is 6.00. The van der Waals surface area contributed by atoms with E-state index in [9.17, 15) is 8.42 Å². The first-order valence-electron chi connectivity index (χ1n) is 13.7. The molecule has 0 atom stereocenters. The van der Waals surface area contributed by atoms with Crippen molar-refractivity contribution in [1.29, 1.82) is 0 Å². The number of hydrogen-bond donors (Lipinski definition) is 1. The van der Waals surface area contributed by atoms with E-state index >= 15 is 0 Å². The van der Waals surface area contributed by atoms with Crippen LogP contribution in [-0.2, 0) is 20.2 Å². The number of methoxy groups -OCH3 is 1. The molecule has 0 aliphatic carbocycles. The number of nitrogens with zero attached hydrogens (tertiary/aromatic N) is 4. The summed E-state index contributed by atoms with van der Waals surface area (Å²) in [5.41, 5.74) is 0.453. The van der Waals surface area contributed by atoms with Gasteiger partial charge in [0, 0.05) is 12.4 Å². The van der Waals surface area contributed by atoms with Crippen LogP contribution in [0.4, 0.5) is 5.82 Å². The van der Waals surface area contributed by atoms with Crippen LogP contribution >= 0.6 is 0 Å². The summed E-state index contributed by atoms with van der Waals surface area (Å²) >= 11 is 0.